The van der Waals surface area contributed by atoms with E-state index in [0.717, 1.165) is 47.1 Å². The van der Waals surface area contributed by atoms with Crippen LogP contribution in [0.25, 0.3) is 36.2 Å². The van der Waals surface area contributed by atoms with Gasteiger partial charge in [0.05, 0.1) is 16.9 Å². The van der Waals surface area contributed by atoms with E-state index in [1.165, 1.54) is 28.5 Å². The van der Waals surface area contributed by atoms with Gasteiger partial charge in [0.2, 0.25) is 5.88 Å². The van der Waals surface area contributed by atoms with Crippen LogP contribution in [0.4, 0.5) is 17.1 Å². The molecule has 6 nitrogen and oxygen atoms in total. The van der Waals surface area contributed by atoms with E-state index >= 15 is 0 Å². The predicted molar refractivity (Wildman–Crippen MR) is 186 cm³/mol. The number of carboxylic acids is 1. The summed E-state index contributed by atoms with van der Waals surface area (Å²) in [6.07, 6.45) is 1.40. The van der Waals surface area contributed by atoms with Gasteiger partial charge in [0.15, 0.2) is 0 Å². The minimum absolute atomic E-state index is 0.288. The average molecular weight is 646 g/mol. The minimum Gasteiger partial charge on any atom is -0.480 e. The fraction of sp³-hybridized carbons (Fsp3) is 0.0833. The Labute approximate surface area is 273 Å². The number of carboxylic acid groups (broad SMARTS) is 1. The number of aliphatic carboxylic acids is 1. The van der Waals surface area contributed by atoms with E-state index < -0.39 is 5.97 Å². The van der Waals surface area contributed by atoms with Crippen molar-refractivity contribution in [2.45, 2.75) is 13.8 Å². The Balaban J connectivity index is 1.29. The summed E-state index contributed by atoms with van der Waals surface area (Å²) < 4.78 is 5.72. The molecule has 0 unspecified atom stereocenters. The van der Waals surface area contributed by atoms with E-state index in [2.05, 4.69) is 91.5 Å². The summed E-state index contributed by atoms with van der Waals surface area (Å²) in [6.45, 7) is 4.19. The Hall–Kier alpha value is -5.01. The fourth-order valence-corrected chi connectivity index (χ4v) is 7.90. The van der Waals surface area contributed by atoms with Crippen molar-refractivity contribution < 1.29 is 14.6 Å². The quantitative estimate of drug-likeness (QED) is 0.124. The molecule has 0 atom stereocenters. The zero-order valence-electron chi connectivity index (χ0n) is 24.6. The van der Waals surface area contributed by atoms with Gasteiger partial charge >= 0.3 is 5.97 Å². The summed E-state index contributed by atoms with van der Waals surface area (Å²) in [6, 6.07) is 35.1. The van der Waals surface area contributed by atoms with Crippen molar-refractivity contribution in [3.8, 4) is 42.0 Å². The lowest BCUT2D eigenvalue weighted by Gasteiger charge is -2.26. The van der Waals surface area contributed by atoms with Crippen molar-refractivity contribution in [1.29, 1.82) is 5.26 Å². The second kappa shape index (κ2) is 12.9. The first-order valence-electron chi connectivity index (χ1n) is 14.0. The van der Waals surface area contributed by atoms with Crippen molar-refractivity contribution in [2.75, 3.05) is 12.0 Å². The van der Waals surface area contributed by atoms with Crippen LogP contribution in [0.3, 0.4) is 0 Å². The van der Waals surface area contributed by atoms with E-state index in [4.69, 9.17) is 20.1 Å². The molecular formula is C36H27N3O3S3. The Morgan fingerprint density at radius 2 is 1.31 bits per heavy atom. The summed E-state index contributed by atoms with van der Waals surface area (Å²) in [5.74, 6) is -0.656. The first-order chi connectivity index (χ1) is 21.8. The number of aryl methyl sites for hydroxylation is 2. The highest BCUT2D eigenvalue weighted by Crippen LogP contribution is 2.45. The van der Waals surface area contributed by atoms with Crippen LogP contribution < -0.4 is 9.64 Å². The van der Waals surface area contributed by atoms with Crippen molar-refractivity contribution in [3.05, 3.63) is 119 Å². The summed E-state index contributed by atoms with van der Waals surface area (Å²) >= 11 is 4.63. The Morgan fingerprint density at radius 1 is 0.778 bits per heavy atom. The number of thiazole rings is 1. The normalized spacial score (nSPS) is 11.3. The monoisotopic (exact) mass is 645 g/mol. The molecule has 3 aromatic carbocycles. The first kappa shape index (κ1) is 30.0. The van der Waals surface area contributed by atoms with Crippen LogP contribution in [-0.4, -0.2) is 23.2 Å². The van der Waals surface area contributed by atoms with Gasteiger partial charge in [-0.05, 0) is 86.2 Å². The Bertz CT molecular complexity index is 2000. The van der Waals surface area contributed by atoms with Crippen LogP contribution in [-0.2, 0) is 4.79 Å². The van der Waals surface area contributed by atoms with Gasteiger partial charge in [0.1, 0.15) is 16.6 Å². The number of anilines is 3. The van der Waals surface area contributed by atoms with Crippen molar-refractivity contribution in [1.82, 2.24) is 4.98 Å². The summed E-state index contributed by atoms with van der Waals surface area (Å²) in [5, 5.41) is 19.1. The lowest BCUT2D eigenvalue weighted by molar-refractivity contribution is -0.132. The molecule has 0 saturated carbocycles. The summed E-state index contributed by atoms with van der Waals surface area (Å²) in [4.78, 5) is 23.0. The number of benzene rings is 3. The predicted octanol–water partition coefficient (Wildman–Crippen LogP) is 10.4. The zero-order valence-corrected chi connectivity index (χ0v) is 27.1. The van der Waals surface area contributed by atoms with Crippen molar-refractivity contribution in [3.63, 3.8) is 0 Å². The van der Waals surface area contributed by atoms with E-state index in [1.807, 2.05) is 24.3 Å². The van der Waals surface area contributed by atoms with E-state index in [9.17, 15) is 4.79 Å². The topological polar surface area (TPSA) is 86.4 Å². The molecule has 0 amide bonds. The number of carbonyl (C=O) groups is 1. The number of aromatic nitrogens is 1. The summed E-state index contributed by atoms with van der Waals surface area (Å²) in [7, 11) is 1.64. The lowest BCUT2D eigenvalue weighted by atomic mass is 10.1. The number of ether oxygens (including phenoxy) is 1. The molecular weight excluding hydrogens is 619 g/mol. The fourth-order valence-electron chi connectivity index (χ4n) is 4.76. The Morgan fingerprint density at radius 3 is 1.87 bits per heavy atom. The van der Waals surface area contributed by atoms with Crippen LogP contribution in [0.15, 0.2) is 103 Å². The third kappa shape index (κ3) is 6.44. The molecule has 3 heterocycles. The van der Waals surface area contributed by atoms with E-state index in [1.54, 1.807) is 35.9 Å². The van der Waals surface area contributed by atoms with Gasteiger partial charge in [-0.3, -0.25) is 0 Å². The maximum absolute atomic E-state index is 11.2. The summed E-state index contributed by atoms with van der Waals surface area (Å²) in [5.41, 5.74) is 6.38. The molecule has 6 aromatic rings. The van der Waals surface area contributed by atoms with Crippen molar-refractivity contribution in [2.24, 2.45) is 0 Å². The molecule has 0 spiro atoms. The third-order valence-corrected chi connectivity index (χ3v) is 10.7. The standard InChI is InChI=1S/C36H27N3O3S3/c1-22-4-10-26(11-5-22)39(27-12-6-23(2)7-13-27)28-14-8-24(9-15-28)33-34(42-3)38-35(45-33)32-19-18-31(44-32)30-17-16-29(43-30)20-25(21-37)36(40)41/h4-20H,1-3H3,(H,40,41)/b25-20+. The number of nitriles is 1. The smallest absolute Gasteiger partial charge is 0.346 e. The molecule has 45 heavy (non-hydrogen) atoms. The highest BCUT2D eigenvalue weighted by Gasteiger charge is 2.19. The van der Waals surface area contributed by atoms with Gasteiger partial charge in [0.25, 0.3) is 0 Å². The second-order valence-corrected chi connectivity index (χ2v) is 13.4. The highest BCUT2D eigenvalue weighted by atomic mass is 32.1. The van der Waals surface area contributed by atoms with E-state index in [0.29, 0.717) is 10.8 Å². The molecule has 6 rings (SSSR count). The van der Waals surface area contributed by atoms with Crippen LogP contribution in [0, 0.1) is 25.2 Å². The molecule has 0 bridgehead atoms. The maximum atomic E-state index is 11.2. The Kier molecular flexibility index (Phi) is 8.62. The van der Waals surface area contributed by atoms with Gasteiger partial charge < -0.3 is 14.7 Å². The number of methoxy groups -OCH3 is 1. The number of hydrogen-bond acceptors (Lipinski definition) is 8. The molecule has 0 saturated heterocycles. The zero-order chi connectivity index (χ0) is 31.5. The van der Waals surface area contributed by atoms with Gasteiger partial charge in [-0.1, -0.05) is 47.5 Å². The van der Waals surface area contributed by atoms with Crippen LogP contribution in [0.5, 0.6) is 5.88 Å². The SMILES string of the molecule is COc1nc(-c2ccc(-c3ccc(/C=C(\C#N)C(=O)O)s3)s2)sc1-c1ccc(N(c2ccc(C)cc2)c2ccc(C)cc2)cc1. The number of hydrogen-bond donors (Lipinski definition) is 1. The largest absolute Gasteiger partial charge is 0.480 e. The number of rotatable bonds is 9. The van der Waals surface area contributed by atoms with Gasteiger partial charge in [-0.25, -0.2) is 9.78 Å². The molecule has 0 aliphatic carbocycles. The molecule has 3 aromatic heterocycles. The molecule has 222 valence electrons. The average Bonchev–Trinajstić information content (AvgIpc) is 3.82. The molecule has 0 radical (unpaired) electrons. The van der Waals surface area contributed by atoms with Crippen LogP contribution in [0.1, 0.15) is 16.0 Å². The number of nitrogens with zero attached hydrogens (tertiary/aromatic N) is 3. The minimum atomic E-state index is -1.23. The van der Waals surface area contributed by atoms with Gasteiger partial charge in [-0.15, -0.1) is 34.0 Å². The lowest BCUT2D eigenvalue weighted by Crippen LogP contribution is -2.09. The molecule has 0 aliphatic rings. The first-order valence-corrected chi connectivity index (χ1v) is 16.4. The second-order valence-electron chi connectivity index (χ2n) is 10.3. The molecule has 1 N–H and O–H groups in total. The van der Waals surface area contributed by atoms with Crippen LogP contribution in [0.2, 0.25) is 0 Å². The van der Waals surface area contributed by atoms with Crippen molar-refractivity contribution >= 4 is 63.1 Å². The van der Waals surface area contributed by atoms with Crippen LogP contribution >= 0.6 is 34.0 Å². The molecule has 0 fully saturated rings. The highest BCUT2D eigenvalue weighted by molar-refractivity contribution is 7.27. The number of thiophene rings is 2. The van der Waals surface area contributed by atoms with Gasteiger partial charge in [0, 0.05) is 31.7 Å². The maximum Gasteiger partial charge on any atom is 0.346 e. The van der Waals surface area contributed by atoms with E-state index in [-0.39, 0.29) is 5.57 Å². The molecule has 9 heteroatoms. The van der Waals surface area contributed by atoms with Gasteiger partial charge in [-0.2, -0.15) is 5.26 Å². The third-order valence-electron chi connectivity index (χ3n) is 7.09. The molecule has 0 aliphatic heterocycles.